The van der Waals surface area contributed by atoms with Gasteiger partial charge in [0, 0.05) is 18.6 Å². The molecule has 118 valence electrons. The molecule has 1 aliphatic rings. The molecule has 0 radical (unpaired) electrons. The highest BCUT2D eigenvalue weighted by molar-refractivity contribution is 5.22. The molecule has 1 aromatic carbocycles. The summed E-state index contributed by atoms with van der Waals surface area (Å²) in [4.78, 5) is 2.57. The van der Waals surface area contributed by atoms with Gasteiger partial charge < -0.3 is 5.32 Å². The Morgan fingerprint density at radius 2 is 2.05 bits per heavy atom. The van der Waals surface area contributed by atoms with Gasteiger partial charge >= 0.3 is 0 Å². The lowest BCUT2D eigenvalue weighted by Gasteiger charge is -2.41. The summed E-state index contributed by atoms with van der Waals surface area (Å²) in [6.45, 7) is 8.89. The third-order valence-corrected chi connectivity index (χ3v) is 5.05. The van der Waals surface area contributed by atoms with Crippen LogP contribution in [0.3, 0.4) is 0 Å². The van der Waals surface area contributed by atoms with Crippen molar-refractivity contribution in [2.75, 3.05) is 13.6 Å². The fourth-order valence-corrected chi connectivity index (χ4v) is 3.81. The van der Waals surface area contributed by atoms with E-state index < -0.39 is 0 Å². The molecule has 0 bridgehead atoms. The SMILES string of the molecule is CCNC1CCC(CC)CC1N(C)Cc1cccc(C)c1. The highest BCUT2D eigenvalue weighted by Crippen LogP contribution is 2.30. The van der Waals surface area contributed by atoms with Gasteiger partial charge in [-0.2, -0.15) is 0 Å². The average Bonchev–Trinajstić information content (AvgIpc) is 2.48. The van der Waals surface area contributed by atoms with Crippen LogP contribution in [0.5, 0.6) is 0 Å². The van der Waals surface area contributed by atoms with Gasteiger partial charge in [-0.25, -0.2) is 0 Å². The van der Waals surface area contributed by atoms with Gasteiger partial charge in [-0.05, 0) is 51.3 Å². The van der Waals surface area contributed by atoms with Crippen molar-refractivity contribution in [2.45, 2.75) is 65.1 Å². The lowest BCUT2D eigenvalue weighted by atomic mass is 9.80. The van der Waals surface area contributed by atoms with Crippen molar-refractivity contribution < 1.29 is 0 Å². The van der Waals surface area contributed by atoms with E-state index in [0.29, 0.717) is 12.1 Å². The molecule has 1 saturated carbocycles. The zero-order chi connectivity index (χ0) is 15.2. The zero-order valence-electron chi connectivity index (χ0n) is 14.2. The normalized spacial score (nSPS) is 26.2. The minimum absolute atomic E-state index is 0.660. The first-order chi connectivity index (χ1) is 10.1. The van der Waals surface area contributed by atoms with E-state index >= 15 is 0 Å². The molecule has 0 aliphatic heterocycles. The largest absolute Gasteiger partial charge is 0.313 e. The van der Waals surface area contributed by atoms with E-state index in [-0.39, 0.29) is 0 Å². The van der Waals surface area contributed by atoms with E-state index in [1.54, 1.807) is 0 Å². The molecule has 3 unspecified atom stereocenters. The van der Waals surface area contributed by atoms with Crippen molar-refractivity contribution in [1.82, 2.24) is 10.2 Å². The maximum absolute atomic E-state index is 3.72. The van der Waals surface area contributed by atoms with Crippen LogP contribution in [0.1, 0.15) is 50.7 Å². The molecule has 0 spiro atoms. The summed E-state index contributed by atoms with van der Waals surface area (Å²) in [5, 5.41) is 3.72. The van der Waals surface area contributed by atoms with Crippen molar-refractivity contribution in [2.24, 2.45) is 5.92 Å². The number of nitrogens with one attached hydrogen (secondary N) is 1. The van der Waals surface area contributed by atoms with Gasteiger partial charge in [-0.15, -0.1) is 0 Å². The molecule has 2 nitrogen and oxygen atoms in total. The van der Waals surface area contributed by atoms with Crippen molar-refractivity contribution in [1.29, 1.82) is 0 Å². The summed E-state index contributed by atoms with van der Waals surface area (Å²) in [5.74, 6) is 0.907. The van der Waals surface area contributed by atoms with Gasteiger partial charge in [-0.1, -0.05) is 50.1 Å². The third kappa shape index (κ3) is 4.55. The minimum Gasteiger partial charge on any atom is -0.313 e. The van der Waals surface area contributed by atoms with Crippen LogP contribution in [0.15, 0.2) is 24.3 Å². The van der Waals surface area contributed by atoms with Gasteiger partial charge in [-0.3, -0.25) is 4.90 Å². The second-order valence-corrected chi connectivity index (χ2v) is 6.72. The molecular formula is C19H32N2. The van der Waals surface area contributed by atoms with E-state index in [2.05, 4.69) is 62.3 Å². The monoisotopic (exact) mass is 288 g/mol. The highest BCUT2D eigenvalue weighted by atomic mass is 15.2. The maximum Gasteiger partial charge on any atom is 0.0252 e. The quantitative estimate of drug-likeness (QED) is 0.851. The molecular weight excluding hydrogens is 256 g/mol. The first-order valence-electron chi connectivity index (χ1n) is 8.63. The van der Waals surface area contributed by atoms with Gasteiger partial charge in [0.05, 0.1) is 0 Å². The Morgan fingerprint density at radius 1 is 1.24 bits per heavy atom. The third-order valence-electron chi connectivity index (χ3n) is 5.05. The van der Waals surface area contributed by atoms with E-state index in [1.165, 1.54) is 36.8 Å². The van der Waals surface area contributed by atoms with Crippen LogP contribution in [0.4, 0.5) is 0 Å². The number of benzene rings is 1. The van der Waals surface area contributed by atoms with Gasteiger partial charge in [0.25, 0.3) is 0 Å². The van der Waals surface area contributed by atoms with Crippen LogP contribution in [0.25, 0.3) is 0 Å². The Morgan fingerprint density at radius 3 is 2.71 bits per heavy atom. The van der Waals surface area contributed by atoms with Crippen molar-refractivity contribution >= 4 is 0 Å². The summed E-state index contributed by atoms with van der Waals surface area (Å²) in [7, 11) is 2.30. The molecule has 1 aliphatic carbocycles. The molecule has 0 amide bonds. The molecule has 2 rings (SSSR count). The van der Waals surface area contributed by atoms with E-state index in [9.17, 15) is 0 Å². The van der Waals surface area contributed by atoms with Crippen LogP contribution in [0.2, 0.25) is 0 Å². The molecule has 1 fully saturated rings. The number of hydrogen-bond donors (Lipinski definition) is 1. The number of aryl methyl sites for hydroxylation is 1. The number of nitrogens with zero attached hydrogens (tertiary/aromatic N) is 1. The number of likely N-dealkylation sites (N-methyl/N-ethyl adjacent to an activating group) is 2. The first-order valence-corrected chi connectivity index (χ1v) is 8.63. The fraction of sp³-hybridized carbons (Fsp3) is 0.684. The summed E-state index contributed by atoms with van der Waals surface area (Å²) in [6.07, 6.45) is 5.39. The molecule has 21 heavy (non-hydrogen) atoms. The molecule has 0 aromatic heterocycles. The van der Waals surface area contributed by atoms with Gasteiger partial charge in [0.1, 0.15) is 0 Å². The molecule has 3 atom stereocenters. The summed E-state index contributed by atoms with van der Waals surface area (Å²) < 4.78 is 0. The first kappa shape index (κ1) is 16.5. The Hall–Kier alpha value is -0.860. The highest BCUT2D eigenvalue weighted by Gasteiger charge is 2.31. The topological polar surface area (TPSA) is 15.3 Å². The number of rotatable bonds is 6. The summed E-state index contributed by atoms with van der Waals surface area (Å²) in [5.41, 5.74) is 2.80. The van der Waals surface area contributed by atoms with Crippen LogP contribution in [-0.4, -0.2) is 30.6 Å². The summed E-state index contributed by atoms with van der Waals surface area (Å²) in [6, 6.07) is 10.3. The van der Waals surface area contributed by atoms with E-state index in [4.69, 9.17) is 0 Å². The van der Waals surface area contributed by atoms with E-state index in [0.717, 1.165) is 19.0 Å². The second kappa shape index (κ2) is 7.95. The Balaban J connectivity index is 2.03. The molecule has 0 saturated heterocycles. The van der Waals surface area contributed by atoms with Crippen molar-refractivity contribution in [3.63, 3.8) is 0 Å². The van der Waals surface area contributed by atoms with Gasteiger partial charge in [0.15, 0.2) is 0 Å². The fourth-order valence-electron chi connectivity index (χ4n) is 3.81. The lowest BCUT2D eigenvalue weighted by molar-refractivity contribution is 0.113. The maximum atomic E-state index is 3.72. The van der Waals surface area contributed by atoms with E-state index in [1.807, 2.05) is 0 Å². The Bertz CT molecular complexity index is 429. The predicted octanol–water partition coefficient (Wildman–Crippen LogP) is 3.98. The predicted molar refractivity (Wildman–Crippen MR) is 91.5 cm³/mol. The summed E-state index contributed by atoms with van der Waals surface area (Å²) >= 11 is 0. The smallest absolute Gasteiger partial charge is 0.0252 e. The van der Waals surface area contributed by atoms with Crippen LogP contribution < -0.4 is 5.32 Å². The standard InChI is InChI=1S/C19H32N2/c1-5-16-10-11-18(20-6-2)19(13-16)21(4)14-17-9-7-8-15(3)12-17/h7-9,12,16,18-20H,5-6,10-11,13-14H2,1-4H3. The average molecular weight is 288 g/mol. The van der Waals surface area contributed by atoms with Crippen molar-refractivity contribution in [3.05, 3.63) is 35.4 Å². The number of hydrogen-bond acceptors (Lipinski definition) is 2. The molecule has 1 N–H and O–H groups in total. The Labute approximate surface area is 130 Å². The van der Waals surface area contributed by atoms with Crippen LogP contribution >= 0.6 is 0 Å². The molecule has 0 heterocycles. The Kier molecular flexibility index (Phi) is 6.25. The van der Waals surface area contributed by atoms with Crippen LogP contribution in [-0.2, 0) is 6.54 Å². The van der Waals surface area contributed by atoms with Gasteiger partial charge in [0.2, 0.25) is 0 Å². The lowest BCUT2D eigenvalue weighted by Crippen LogP contribution is -2.51. The molecule has 2 heteroatoms. The van der Waals surface area contributed by atoms with Crippen LogP contribution in [0, 0.1) is 12.8 Å². The molecule has 1 aromatic rings. The zero-order valence-corrected chi connectivity index (χ0v) is 14.2. The minimum atomic E-state index is 0.660. The van der Waals surface area contributed by atoms with Crippen molar-refractivity contribution in [3.8, 4) is 0 Å². The second-order valence-electron chi connectivity index (χ2n) is 6.72.